The molecule has 3 rings (SSSR count). The van der Waals surface area contributed by atoms with Crippen LogP contribution in [-0.2, 0) is 0 Å². The van der Waals surface area contributed by atoms with Gasteiger partial charge in [-0.15, -0.1) is 0 Å². The van der Waals surface area contributed by atoms with Crippen molar-refractivity contribution in [1.29, 1.82) is 0 Å². The molecule has 0 aliphatic carbocycles. The number of nitrogens with zero attached hydrogens (tertiary/aromatic N) is 2. The first-order valence-corrected chi connectivity index (χ1v) is 6.55. The summed E-state index contributed by atoms with van der Waals surface area (Å²) < 4.78 is 4.75. The van der Waals surface area contributed by atoms with Crippen LogP contribution in [0, 0.1) is 0 Å². The fraction of sp³-hybridized carbons (Fsp3) is 0.143. The van der Waals surface area contributed by atoms with E-state index in [2.05, 4.69) is 22.6 Å². The van der Waals surface area contributed by atoms with Gasteiger partial charge in [-0.2, -0.15) is 0 Å². The second kappa shape index (κ2) is 5.02. The highest BCUT2D eigenvalue weighted by Crippen LogP contribution is 2.28. The van der Waals surface area contributed by atoms with Crippen molar-refractivity contribution in [2.24, 2.45) is 0 Å². The summed E-state index contributed by atoms with van der Waals surface area (Å²) in [6.45, 7) is 2.05. The summed E-state index contributed by atoms with van der Waals surface area (Å²) in [7, 11) is 0. The van der Waals surface area contributed by atoms with E-state index < -0.39 is 0 Å². The number of anilines is 2. The van der Waals surface area contributed by atoms with E-state index in [0.29, 0.717) is 16.7 Å². The van der Waals surface area contributed by atoms with E-state index in [0.717, 1.165) is 16.3 Å². The van der Waals surface area contributed by atoms with E-state index in [-0.39, 0.29) is 6.04 Å². The number of rotatable bonds is 3. The highest BCUT2D eigenvalue weighted by Gasteiger charge is 2.12. The fourth-order valence-electron chi connectivity index (χ4n) is 2.07. The van der Waals surface area contributed by atoms with Crippen molar-refractivity contribution in [1.82, 2.24) is 10.3 Å². The fourth-order valence-corrected chi connectivity index (χ4v) is 2.20. The minimum absolute atomic E-state index is 0.0933. The molecule has 1 aromatic heterocycles. The maximum atomic E-state index is 5.89. The van der Waals surface area contributed by atoms with Gasteiger partial charge >= 0.3 is 0 Å². The molecule has 1 heterocycles. The number of aromatic nitrogens is 2. The highest BCUT2D eigenvalue weighted by atomic mass is 35.5. The number of hydrogen-bond donors (Lipinski definition) is 2. The van der Waals surface area contributed by atoms with Gasteiger partial charge in [-0.05, 0) is 47.1 Å². The van der Waals surface area contributed by atoms with Crippen LogP contribution in [0.5, 0.6) is 0 Å². The van der Waals surface area contributed by atoms with E-state index in [1.807, 2.05) is 30.3 Å². The van der Waals surface area contributed by atoms with Crippen LogP contribution in [0.3, 0.4) is 0 Å². The van der Waals surface area contributed by atoms with E-state index in [1.54, 1.807) is 6.07 Å². The first kappa shape index (κ1) is 12.7. The zero-order valence-corrected chi connectivity index (χ0v) is 11.6. The average molecular weight is 289 g/mol. The Morgan fingerprint density at radius 2 is 1.80 bits per heavy atom. The molecule has 0 saturated heterocycles. The minimum atomic E-state index is 0.0933. The normalized spacial score (nSPS) is 12.5. The zero-order valence-electron chi connectivity index (χ0n) is 10.8. The molecule has 3 N–H and O–H groups in total. The first-order valence-electron chi connectivity index (χ1n) is 6.18. The number of nitrogen functional groups attached to an aromatic ring is 1. The summed E-state index contributed by atoms with van der Waals surface area (Å²) in [5, 5.41) is 11.8. The molecular formula is C14H13ClN4O. The Hall–Kier alpha value is -2.27. The van der Waals surface area contributed by atoms with E-state index >= 15 is 0 Å². The number of fused-ring (bicyclic) bond motifs is 1. The van der Waals surface area contributed by atoms with Crippen molar-refractivity contribution in [3.8, 4) is 0 Å². The smallest absolute Gasteiger partial charge is 0.160 e. The van der Waals surface area contributed by atoms with Crippen molar-refractivity contribution >= 4 is 34.0 Å². The standard InChI is InChI=1S/C14H13ClN4O/c1-8(9-2-4-10(15)5-3-9)17-12-7-6-11(16)13-14(12)19-20-18-13/h2-8,17H,16H2,1H3. The van der Waals surface area contributed by atoms with Gasteiger partial charge in [0.1, 0.15) is 0 Å². The van der Waals surface area contributed by atoms with Crippen LogP contribution in [0.4, 0.5) is 11.4 Å². The minimum Gasteiger partial charge on any atom is -0.397 e. The van der Waals surface area contributed by atoms with Crippen molar-refractivity contribution in [3.63, 3.8) is 0 Å². The number of benzene rings is 2. The first-order chi connectivity index (χ1) is 9.65. The summed E-state index contributed by atoms with van der Waals surface area (Å²) >= 11 is 5.89. The largest absolute Gasteiger partial charge is 0.397 e. The van der Waals surface area contributed by atoms with E-state index in [9.17, 15) is 0 Å². The lowest BCUT2D eigenvalue weighted by atomic mass is 10.1. The van der Waals surface area contributed by atoms with Crippen molar-refractivity contribution in [3.05, 3.63) is 47.0 Å². The molecule has 0 amide bonds. The molecule has 6 heteroatoms. The molecule has 102 valence electrons. The molecule has 0 saturated carbocycles. The van der Waals surface area contributed by atoms with Gasteiger partial charge in [-0.25, -0.2) is 4.63 Å². The van der Waals surface area contributed by atoms with Gasteiger partial charge in [0.25, 0.3) is 0 Å². The van der Waals surface area contributed by atoms with Crippen LogP contribution >= 0.6 is 11.6 Å². The predicted octanol–water partition coefficient (Wildman–Crippen LogP) is 3.63. The molecule has 2 aromatic carbocycles. The summed E-state index contributed by atoms with van der Waals surface area (Å²) in [5.41, 5.74) is 9.52. The van der Waals surface area contributed by atoms with Crippen LogP contribution in [0.15, 0.2) is 41.0 Å². The lowest BCUT2D eigenvalue weighted by molar-refractivity contribution is 0.315. The van der Waals surface area contributed by atoms with Crippen LogP contribution in [0.2, 0.25) is 5.02 Å². The predicted molar refractivity (Wildman–Crippen MR) is 79.7 cm³/mol. The summed E-state index contributed by atoms with van der Waals surface area (Å²) in [5.74, 6) is 0. The van der Waals surface area contributed by atoms with Crippen LogP contribution in [0.25, 0.3) is 11.0 Å². The highest BCUT2D eigenvalue weighted by molar-refractivity contribution is 6.30. The molecule has 0 spiro atoms. The van der Waals surface area contributed by atoms with Gasteiger partial charge in [0.2, 0.25) is 0 Å². The quantitative estimate of drug-likeness (QED) is 0.720. The van der Waals surface area contributed by atoms with Crippen LogP contribution in [-0.4, -0.2) is 10.3 Å². The maximum absolute atomic E-state index is 5.89. The van der Waals surface area contributed by atoms with Gasteiger partial charge in [-0.1, -0.05) is 23.7 Å². The van der Waals surface area contributed by atoms with Crippen molar-refractivity contribution in [2.45, 2.75) is 13.0 Å². The molecule has 0 aliphatic rings. The molecule has 1 atom stereocenters. The molecule has 0 fully saturated rings. The van der Waals surface area contributed by atoms with Gasteiger partial charge in [0, 0.05) is 11.1 Å². The molecule has 1 unspecified atom stereocenters. The van der Waals surface area contributed by atoms with Crippen molar-refractivity contribution < 1.29 is 4.63 Å². The Morgan fingerprint density at radius 3 is 2.55 bits per heavy atom. The molecule has 0 aliphatic heterocycles. The maximum Gasteiger partial charge on any atom is 0.160 e. The second-order valence-electron chi connectivity index (χ2n) is 4.58. The molecule has 3 aromatic rings. The third kappa shape index (κ3) is 2.28. The Morgan fingerprint density at radius 1 is 1.10 bits per heavy atom. The SMILES string of the molecule is CC(Nc1ccc(N)c2nonc12)c1ccc(Cl)cc1. The summed E-state index contributed by atoms with van der Waals surface area (Å²) in [4.78, 5) is 0. The third-order valence-corrected chi connectivity index (χ3v) is 3.44. The molecule has 20 heavy (non-hydrogen) atoms. The lowest BCUT2D eigenvalue weighted by Crippen LogP contribution is -2.07. The molecular weight excluding hydrogens is 276 g/mol. The monoisotopic (exact) mass is 288 g/mol. The zero-order chi connectivity index (χ0) is 14.1. The number of nitrogens with two attached hydrogens (primary N) is 1. The molecule has 0 radical (unpaired) electrons. The van der Waals surface area contributed by atoms with Gasteiger partial charge < -0.3 is 11.1 Å². The van der Waals surface area contributed by atoms with Crippen LogP contribution in [0.1, 0.15) is 18.5 Å². The summed E-state index contributed by atoms with van der Waals surface area (Å²) in [6.07, 6.45) is 0. The topological polar surface area (TPSA) is 77.0 Å². The number of halogens is 1. The van der Waals surface area contributed by atoms with Gasteiger partial charge in [-0.3, -0.25) is 0 Å². The van der Waals surface area contributed by atoms with Crippen LogP contribution < -0.4 is 11.1 Å². The molecule has 5 nitrogen and oxygen atoms in total. The number of nitrogens with one attached hydrogen (secondary N) is 1. The summed E-state index contributed by atoms with van der Waals surface area (Å²) in [6, 6.07) is 11.4. The average Bonchev–Trinajstić information content (AvgIpc) is 2.93. The van der Waals surface area contributed by atoms with Crippen molar-refractivity contribution in [2.75, 3.05) is 11.1 Å². The Kier molecular flexibility index (Phi) is 3.20. The lowest BCUT2D eigenvalue weighted by Gasteiger charge is -2.16. The number of hydrogen-bond acceptors (Lipinski definition) is 5. The third-order valence-electron chi connectivity index (χ3n) is 3.19. The van der Waals surface area contributed by atoms with E-state index in [4.69, 9.17) is 22.0 Å². The molecule has 0 bridgehead atoms. The van der Waals surface area contributed by atoms with Gasteiger partial charge in [0.15, 0.2) is 11.0 Å². The Bertz CT molecular complexity index is 739. The van der Waals surface area contributed by atoms with E-state index in [1.165, 1.54) is 0 Å². The van der Waals surface area contributed by atoms with Gasteiger partial charge in [0.05, 0.1) is 11.4 Å². The second-order valence-corrected chi connectivity index (χ2v) is 5.02. The Balaban J connectivity index is 1.91. The Labute approximate surface area is 120 Å².